The first-order valence-electron chi connectivity index (χ1n) is 8.40. The summed E-state index contributed by atoms with van der Waals surface area (Å²) in [6, 6.07) is 5.56. The van der Waals surface area contributed by atoms with Gasteiger partial charge in [-0.15, -0.1) is 0 Å². The second-order valence-electron chi connectivity index (χ2n) is 6.16. The Kier molecular flexibility index (Phi) is 6.93. The predicted octanol–water partition coefficient (Wildman–Crippen LogP) is 1.15. The number of carbonyl (C=O) groups is 2. The summed E-state index contributed by atoms with van der Waals surface area (Å²) in [4.78, 5) is 31.9. The number of aromatic nitrogens is 1. The van der Waals surface area contributed by atoms with E-state index in [0.717, 1.165) is 38.0 Å². The highest BCUT2D eigenvalue weighted by Crippen LogP contribution is 2.18. The van der Waals surface area contributed by atoms with Gasteiger partial charge in [-0.2, -0.15) is 0 Å². The number of rotatable bonds is 7. The van der Waals surface area contributed by atoms with Crippen molar-refractivity contribution in [3.63, 3.8) is 0 Å². The van der Waals surface area contributed by atoms with Crippen molar-refractivity contribution in [2.75, 3.05) is 33.7 Å². The molecule has 6 heteroatoms. The fourth-order valence-corrected chi connectivity index (χ4v) is 2.86. The monoisotopic (exact) mass is 330 g/mol. The Balaban J connectivity index is 1.68. The minimum atomic E-state index is -0.122. The van der Waals surface area contributed by atoms with Gasteiger partial charge in [0.25, 0.3) is 0 Å². The third kappa shape index (κ3) is 5.45. The Morgan fingerprint density at radius 1 is 1.42 bits per heavy atom. The minimum absolute atomic E-state index is 0.000229. The van der Waals surface area contributed by atoms with Gasteiger partial charge < -0.3 is 10.2 Å². The van der Waals surface area contributed by atoms with Crippen molar-refractivity contribution in [3.05, 3.63) is 36.2 Å². The SMILES string of the molecule is CN(C)C(=O)[C@@H]1CCCN1CCCNC(=O)/C=C\c1ccccn1. The summed E-state index contributed by atoms with van der Waals surface area (Å²) in [6.07, 6.45) is 7.71. The first kappa shape index (κ1) is 18.1. The lowest BCUT2D eigenvalue weighted by molar-refractivity contribution is -0.133. The van der Waals surface area contributed by atoms with Crippen LogP contribution >= 0.6 is 0 Å². The molecule has 1 atom stereocenters. The van der Waals surface area contributed by atoms with Crippen molar-refractivity contribution in [3.8, 4) is 0 Å². The van der Waals surface area contributed by atoms with Gasteiger partial charge in [-0.25, -0.2) is 0 Å². The lowest BCUT2D eigenvalue weighted by Crippen LogP contribution is -2.43. The molecule has 24 heavy (non-hydrogen) atoms. The number of likely N-dealkylation sites (tertiary alicyclic amines) is 1. The van der Waals surface area contributed by atoms with Gasteiger partial charge in [0.15, 0.2) is 0 Å². The molecule has 0 spiro atoms. The molecule has 0 radical (unpaired) electrons. The molecule has 1 aliphatic rings. The number of likely N-dealkylation sites (N-methyl/N-ethyl adjacent to an activating group) is 1. The Morgan fingerprint density at radius 2 is 2.25 bits per heavy atom. The summed E-state index contributed by atoms with van der Waals surface area (Å²) in [7, 11) is 3.60. The smallest absolute Gasteiger partial charge is 0.244 e. The highest BCUT2D eigenvalue weighted by Gasteiger charge is 2.30. The zero-order valence-corrected chi connectivity index (χ0v) is 14.4. The van der Waals surface area contributed by atoms with Crippen molar-refractivity contribution < 1.29 is 9.59 Å². The maximum Gasteiger partial charge on any atom is 0.244 e. The highest BCUT2D eigenvalue weighted by atomic mass is 16.2. The van der Waals surface area contributed by atoms with E-state index in [0.29, 0.717) is 6.54 Å². The van der Waals surface area contributed by atoms with Gasteiger partial charge in [0.2, 0.25) is 11.8 Å². The number of hydrogen-bond acceptors (Lipinski definition) is 4. The Labute approximate surface area is 143 Å². The molecule has 2 amide bonds. The topological polar surface area (TPSA) is 65.5 Å². The third-order valence-electron chi connectivity index (χ3n) is 4.10. The van der Waals surface area contributed by atoms with Crippen LogP contribution in [0.3, 0.4) is 0 Å². The van der Waals surface area contributed by atoms with Crippen molar-refractivity contribution in [1.82, 2.24) is 20.1 Å². The summed E-state index contributed by atoms with van der Waals surface area (Å²) in [5.41, 5.74) is 0.759. The summed E-state index contributed by atoms with van der Waals surface area (Å²) in [6.45, 7) is 2.39. The molecule has 0 unspecified atom stereocenters. The van der Waals surface area contributed by atoms with Crippen LogP contribution in [0.1, 0.15) is 25.0 Å². The number of hydrogen-bond donors (Lipinski definition) is 1. The zero-order chi connectivity index (χ0) is 17.4. The molecular formula is C18H26N4O2. The van der Waals surface area contributed by atoms with E-state index >= 15 is 0 Å². The minimum Gasteiger partial charge on any atom is -0.353 e. The molecule has 1 N–H and O–H groups in total. The molecule has 0 aliphatic carbocycles. The van der Waals surface area contributed by atoms with Crippen molar-refractivity contribution >= 4 is 17.9 Å². The molecule has 1 aromatic heterocycles. The van der Waals surface area contributed by atoms with Crippen LogP contribution in [0.25, 0.3) is 6.08 Å². The summed E-state index contributed by atoms with van der Waals surface area (Å²) in [5.74, 6) is 0.0535. The van der Waals surface area contributed by atoms with E-state index in [2.05, 4.69) is 15.2 Å². The first-order valence-corrected chi connectivity index (χ1v) is 8.40. The Hall–Kier alpha value is -2.21. The van der Waals surface area contributed by atoms with Gasteiger partial charge in [-0.1, -0.05) is 6.07 Å². The second kappa shape index (κ2) is 9.17. The molecule has 0 saturated carbocycles. The highest BCUT2D eigenvalue weighted by molar-refractivity contribution is 5.91. The quantitative estimate of drug-likeness (QED) is 0.602. The lowest BCUT2D eigenvalue weighted by Gasteiger charge is -2.25. The molecular weight excluding hydrogens is 304 g/mol. The molecule has 1 fully saturated rings. The standard InChI is InChI=1S/C18H26N4O2/c1-21(2)18(24)16-8-5-13-22(16)14-6-12-20-17(23)10-9-15-7-3-4-11-19-15/h3-4,7,9-11,16H,5-6,8,12-14H2,1-2H3,(H,20,23)/b10-9-/t16-/m0/s1. The molecule has 1 saturated heterocycles. The molecule has 2 heterocycles. The van der Waals surface area contributed by atoms with Crippen LogP contribution in [0.4, 0.5) is 0 Å². The first-order chi connectivity index (χ1) is 11.6. The lowest BCUT2D eigenvalue weighted by atomic mass is 10.2. The van der Waals surface area contributed by atoms with Gasteiger partial charge in [0.1, 0.15) is 0 Å². The Bertz CT molecular complexity index is 572. The van der Waals surface area contributed by atoms with Gasteiger partial charge in [-0.05, 0) is 44.0 Å². The second-order valence-corrected chi connectivity index (χ2v) is 6.16. The summed E-state index contributed by atoms with van der Waals surface area (Å²) >= 11 is 0. The van der Waals surface area contributed by atoms with Crippen LogP contribution in [0, 0.1) is 0 Å². The molecule has 2 rings (SSSR count). The normalized spacial score (nSPS) is 18.0. The fraction of sp³-hybridized carbons (Fsp3) is 0.500. The van der Waals surface area contributed by atoms with Crippen LogP contribution < -0.4 is 5.32 Å². The number of amides is 2. The van der Waals surface area contributed by atoms with Crippen LogP contribution in [0.2, 0.25) is 0 Å². The maximum atomic E-state index is 12.1. The van der Waals surface area contributed by atoms with E-state index in [1.807, 2.05) is 18.2 Å². The van der Waals surface area contributed by atoms with E-state index in [-0.39, 0.29) is 17.9 Å². The van der Waals surface area contributed by atoms with Gasteiger partial charge in [0, 0.05) is 39.5 Å². The number of nitrogens with zero attached hydrogens (tertiary/aromatic N) is 3. The van der Waals surface area contributed by atoms with Gasteiger partial charge in [0.05, 0.1) is 11.7 Å². The van der Waals surface area contributed by atoms with Crippen molar-refractivity contribution in [1.29, 1.82) is 0 Å². The van der Waals surface area contributed by atoms with Crippen LogP contribution in [0.15, 0.2) is 30.5 Å². The fourth-order valence-electron chi connectivity index (χ4n) is 2.86. The zero-order valence-electron chi connectivity index (χ0n) is 14.4. The number of carbonyl (C=O) groups excluding carboxylic acids is 2. The predicted molar refractivity (Wildman–Crippen MR) is 94.2 cm³/mol. The van der Waals surface area contributed by atoms with Crippen LogP contribution in [0.5, 0.6) is 0 Å². The molecule has 1 aromatic rings. The maximum absolute atomic E-state index is 12.1. The van der Waals surface area contributed by atoms with Crippen LogP contribution in [-0.2, 0) is 9.59 Å². The van der Waals surface area contributed by atoms with Crippen molar-refractivity contribution in [2.45, 2.75) is 25.3 Å². The van der Waals surface area contributed by atoms with E-state index in [1.54, 1.807) is 31.3 Å². The van der Waals surface area contributed by atoms with Gasteiger partial charge in [-0.3, -0.25) is 19.5 Å². The van der Waals surface area contributed by atoms with E-state index in [4.69, 9.17) is 0 Å². The molecule has 6 nitrogen and oxygen atoms in total. The molecule has 0 aromatic carbocycles. The largest absolute Gasteiger partial charge is 0.353 e. The molecule has 130 valence electrons. The number of pyridine rings is 1. The average Bonchev–Trinajstić information content (AvgIpc) is 3.05. The average molecular weight is 330 g/mol. The van der Waals surface area contributed by atoms with Crippen LogP contribution in [-0.4, -0.2) is 66.4 Å². The van der Waals surface area contributed by atoms with E-state index < -0.39 is 0 Å². The number of nitrogens with one attached hydrogen (secondary N) is 1. The summed E-state index contributed by atoms with van der Waals surface area (Å²) < 4.78 is 0. The third-order valence-corrected chi connectivity index (χ3v) is 4.10. The molecule has 1 aliphatic heterocycles. The van der Waals surface area contributed by atoms with Crippen molar-refractivity contribution in [2.24, 2.45) is 0 Å². The summed E-state index contributed by atoms with van der Waals surface area (Å²) in [5, 5.41) is 2.87. The Morgan fingerprint density at radius 3 is 2.96 bits per heavy atom. The molecule has 0 bridgehead atoms. The van der Waals surface area contributed by atoms with E-state index in [9.17, 15) is 9.59 Å². The van der Waals surface area contributed by atoms with E-state index in [1.165, 1.54) is 6.08 Å². The van der Waals surface area contributed by atoms with Gasteiger partial charge >= 0.3 is 0 Å².